The Kier molecular flexibility index (Phi) is 5.36. The van der Waals surface area contributed by atoms with Crippen molar-refractivity contribution in [1.29, 1.82) is 0 Å². The van der Waals surface area contributed by atoms with Gasteiger partial charge < -0.3 is 14.2 Å². The molecule has 0 unspecified atom stereocenters. The molecule has 142 valence electrons. The van der Waals surface area contributed by atoms with E-state index >= 15 is 0 Å². The Hall–Kier alpha value is -3.00. The minimum absolute atomic E-state index is 0.175. The van der Waals surface area contributed by atoms with E-state index in [0.717, 1.165) is 3.97 Å². The largest absolute Gasteiger partial charge is 0.493 e. The summed E-state index contributed by atoms with van der Waals surface area (Å²) in [5.41, 5.74) is 0.525. The van der Waals surface area contributed by atoms with Crippen LogP contribution >= 0.6 is 0 Å². The van der Waals surface area contributed by atoms with Gasteiger partial charge in [0.05, 0.1) is 25.7 Å². The van der Waals surface area contributed by atoms with Crippen LogP contribution < -0.4 is 14.2 Å². The Labute approximate surface area is 158 Å². The molecule has 0 atom stereocenters. The maximum Gasteiger partial charge on any atom is 0.269 e. The van der Waals surface area contributed by atoms with Crippen molar-refractivity contribution < 1.29 is 22.6 Å². The Bertz CT molecular complexity index is 1000. The molecule has 3 rings (SSSR count). The van der Waals surface area contributed by atoms with Crippen molar-refractivity contribution in [1.82, 2.24) is 8.96 Å². The normalized spacial score (nSPS) is 11.2. The van der Waals surface area contributed by atoms with E-state index in [-0.39, 0.29) is 10.7 Å². The Morgan fingerprint density at radius 2 is 1.67 bits per heavy atom. The smallest absolute Gasteiger partial charge is 0.269 e. The first kappa shape index (κ1) is 18.8. The van der Waals surface area contributed by atoms with Gasteiger partial charge in [0.25, 0.3) is 10.0 Å². The second-order valence-corrected chi connectivity index (χ2v) is 7.32. The summed E-state index contributed by atoms with van der Waals surface area (Å²) in [6, 6.07) is 11.5. The molecule has 0 saturated heterocycles. The van der Waals surface area contributed by atoms with Crippen LogP contribution in [0.4, 0.5) is 0 Å². The van der Waals surface area contributed by atoms with Gasteiger partial charge in [0, 0.05) is 18.0 Å². The van der Waals surface area contributed by atoms with Crippen LogP contribution in [0.3, 0.4) is 0 Å². The quantitative estimate of drug-likeness (QED) is 0.618. The average Bonchev–Trinajstić information content (AvgIpc) is 3.19. The number of benzene rings is 2. The molecule has 0 fully saturated rings. The van der Waals surface area contributed by atoms with E-state index in [1.807, 2.05) is 6.92 Å². The number of rotatable bonds is 7. The number of nitrogens with zero attached hydrogens (tertiary/aromatic N) is 2. The summed E-state index contributed by atoms with van der Waals surface area (Å²) in [4.78, 5) is 4.41. The van der Waals surface area contributed by atoms with Gasteiger partial charge in [0.1, 0.15) is 0 Å². The number of hydrogen-bond donors (Lipinski definition) is 0. The summed E-state index contributed by atoms with van der Waals surface area (Å²) in [6.07, 6.45) is 2.85. The molecular weight excluding hydrogens is 368 g/mol. The van der Waals surface area contributed by atoms with Gasteiger partial charge in [-0.3, -0.25) is 0 Å². The highest BCUT2D eigenvalue weighted by Gasteiger charge is 2.23. The van der Waals surface area contributed by atoms with Crippen LogP contribution in [0, 0.1) is 0 Å². The molecule has 0 bridgehead atoms. The van der Waals surface area contributed by atoms with Crippen LogP contribution in [0.1, 0.15) is 6.92 Å². The first-order valence-electron chi connectivity index (χ1n) is 8.26. The lowest BCUT2D eigenvalue weighted by molar-refractivity contribution is 0.288. The molecule has 7 nitrogen and oxygen atoms in total. The van der Waals surface area contributed by atoms with Gasteiger partial charge in [0.15, 0.2) is 17.3 Å². The molecule has 0 radical (unpaired) electrons. The zero-order chi connectivity index (χ0) is 19.4. The summed E-state index contributed by atoms with van der Waals surface area (Å²) in [7, 11) is -0.776. The van der Waals surface area contributed by atoms with Crippen molar-refractivity contribution in [3.63, 3.8) is 0 Å². The van der Waals surface area contributed by atoms with Gasteiger partial charge in [-0.1, -0.05) is 18.2 Å². The van der Waals surface area contributed by atoms with Gasteiger partial charge in [0.2, 0.25) is 5.75 Å². The Balaban J connectivity index is 2.16. The molecule has 0 saturated carbocycles. The van der Waals surface area contributed by atoms with E-state index in [1.165, 1.54) is 26.6 Å². The summed E-state index contributed by atoms with van der Waals surface area (Å²) in [5.74, 6) is 1.56. The SMILES string of the molecule is CCOc1c(OC)cc(-c2nccn2S(=O)(=O)c2ccccc2)cc1OC. The molecule has 2 aromatic carbocycles. The highest BCUT2D eigenvalue weighted by molar-refractivity contribution is 7.90. The lowest BCUT2D eigenvalue weighted by atomic mass is 10.1. The van der Waals surface area contributed by atoms with E-state index in [1.54, 1.807) is 42.5 Å². The van der Waals surface area contributed by atoms with E-state index in [9.17, 15) is 8.42 Å². The summed E-state index contributed by atoms with van der Waals surface area (Å²) in [6.45, 7) is 2.29. The number of aromatic nitrogens is 2. The topological polar surface area (TPSA) is 79.7 Å². The van der Waals surface area contributed by atoms with Crippen molar-refractivity contribution in [3.05, 3.63) is 54.9 Å². The van der Waals surface area contributed by atoms with Gasteiger partial charge >= 0.3 is 0 Å². The zero-order valence-corrected chi connectivity index (χ0v) is 16.1. The lowest BCUT2D eigenvalue weighted by Crippen LogP contribution is -2.13. The van der Waals surface area contributed by atoms with Gasteiger partial charge in [-0.2, -0.15) is 0 Å². The molecule has 0 aliphatic rings. The first-order chi connectivity index (χ1) is 13.0. The zero-order valence-electron chi connectivity index (χ0n) is 15.2. The van der Waals surface area contributed by atoms with Crippen molar-refractivity contribution in [3.8, 4) is 28.6 Å². The van der Waals surface area contributed by atoms with Gasteiger partial charge in [-0.05, 0) is 31.2 Å². The predicted molar refractivity (Wildman–Crippen MR) is 101 cm³/mol. The Morgan fingerprint density at radius 1 is 1.04 bits per heavy atom. The molecular formula is C19H20N2O5S. The maximum absolute atomic E-state index is 13.0. The van der Waals surface area contributed by atoms with Crippen molar-refractivity contribution >= 4 is 10.0 Å². The third-order valence-electron chi connectivity index (χ3n) is 3.92. The van der Waals surface area contributed by atoms with Crippen molar-refractivity contribution in [2.24, 2.45) is 0 Å². The number of imidazole rings is 1. The minimum atomic E-state index is -3.79. The fourth-order valence-electron chi connectivity index (χ4n) is 2.69. The Morgan fingerprint density at radius 3 is 2.22 bits per heavy atom. The molecule has 1 aromatic heterocycles. The molecule has 0 aliphatic carbocycles. The number of hydrogen-bond acceptors (Lipinski definition) is 6. The molecule has 27 heavy (non-hydrogen) atoms. The van der Waals surface area contributed by atoms with E-state index < -0.39 is 10.0 Å². The molecule has 0 amide bonds. The summed E-state index contributed by atoms with van der Waals surface area (Å²) in [5, 5.41) is 0. The minimum Gasteiger partial charge on any atom is -0.493 e. The van der Waals surface area contributed by atoms with E-state index in [4.69, 9.17) is 14.2 Å². The first-order valence-corrected chi connectivity index (χ1v) is 9.70. The molecule has 0 N–H and O–H groups in total. The van der Waals surface area contributed by atoms with Crippen LogP contribution in [-0.2, 0) is 10.0 Å². The second kappa shape index (κ2) is 7.71. The highest BCUT2D eigenvalue weighted by atomic mass is 32.2. The molecule has 8 heteroatoms. The molecule has 0 aliphatic heterocycles. The van der Waals surface area contributed by atoms with Crippen LogP contribution in [-0.4, -0.2) is 38.2 Å². The maximum atomic E-state index is 13.0. The van der Waals surface area contributed by atoms with Crippen LogP contribution in [0.5, 0.6) is 17.2 Å². The molecule has 3 aromatic rings. The summed E-state index contributed by atoms with van der Waals surface area (Å²) >= 11 is 0. The van der Waals surface area contributed by atoms with E-state index in [2.05, 4.69) is 4.98 Å². The fourth-order valence-corrected chi connectivity index (χ4v) is 4.01. The monoisotopic (exact) mass is 388 g/mol. The second-order valence-electron chi connectivity index (χ2n) is 5.51. The third kappa shape index (κ3) is 3.48. The van der Waals surface area contributed by atoms with Gasteiger partial charge in [-0.25, -0.2) is 17.4 Å². The standard InChI is InChI=1S/C19H20N2O5S/c1-4-26-18-16(24-2)12-14(13-17(18)25-3)19-20-10-11-21(19)27(22,23)15-8-6-5-7-9-15/h5-13H,4H2,1-3H3. The van der Waals surface area contributed by atoms with Crippen LogP contribution in [0.25, 0.3) is 11.4 Å². The van der Waals surface area contributed by atoms with E-state index in [0.29, 0.717) is 29.4 Å². The summed E-state index contributed by atoms with van der Waals surface area (Å²) < 4.78 is 43.5. The fraction of sp³-hybridized carbons (Fsp3) is 0.211. The number of methoxy groups -OCH3 is 2. The highest BCUT2D eigenvalue weighted by Crippen LogP contribution is 2.41. The van der Waals surface area contributed by atoms with Crippen LogP contribution in [0.2, 0.25) is 0 Å². The van der Waals surface area contributed by atoms with Gasteiger partial charge in [-0.15, -0.1) is 0 Å². The number of ether oxygens (including phenoxy) is 3. The van der Waals surface area contributed by atoms with Crippen LogP contribution in [0.15, 0.2) is 59.8 Å². The predicted octanol–water partition coefficient (Wildman–Crippen LogP) is 3.20. The lowest BCUT2D eigenvalue weighted by Gasteiger charge is -2.16. The average molecular weight is 388 g/mol. The molecule has 1 heterocycles. The third-order valence-corrected chi connectivity index (χ3v) is 5.60. The van der Waals surface area contributed by atoms with Crippen molar-refractivity contribution in [2.45, 2.75) is 11.8 Å². The van der Waals surface area contributed by atoms with Crippen molar-refractivity contribution in [2.75, 3.05) is 20.8 Å². The molecule has 0 spiro atoms.